The van der Waals surface area contributed by atoms with Crippen molar-refractivity contribution in [1.29, 1.82) is 0 Å². The van der Waals surface area contributed by atoms with Gasteiger partial charge in [0.2, 0.25) is 5.91 Å². The fourth-order valence-electron chi connectivity index (χ4n) is 7.69. The van der Waals surface area contributed by atoms with Crippen molar-refractivity contribution in [2.75, 3.05) is 6.61 Å². The average Bonchev–Trinajstić information content (AvgIpc) is 3.24. The summed E-state index contributed by atoms with van der Waals surface area (Å²) in [7, 11) is 0. The Labute approximate surface area is 372 Å². The normalized spacial score (nSPS) is 13.6. The summed E-state index contributed by atoms with van der Waals surface area (Å²) < 4.78 is 5.92. The molecule has 0 radical (unpaired) electrons. The fourth-order valence-corrected chi connectivity index (χ4v) is 7.69. The number of rotatable bonds is 46. The highest BCUT2D eigenvalue weighted by Crippen LogP contribution is 2.17. The third-order valence-corrected chi connectivity index (χ3v) is 11.7. The molecule has 6 nitrogen and oxygen atoms in total. The van der Waals surface area contributed by atoms with Gasteiger partial charge in [-0.15, -0.1) is 0 Å². The molecule has 350 valence electrons. The standard InChI is InChI=1S/C54H99NO5/c1-4-7-10-13-16-19-22-24-26-28-30-32-35-38-41-44-47-54(59)60-50(45-42-39-36-33-31-29-27-25-23-20-17-14-11-8-5-2)48-53(58)55-51(49-56)52(57)46-43-40-37-34-21-18-15-12-9-6-3/h17,20,25-28,30,32,50-52,56-57H,4-16,18-19,21-24,29,31,33-49H2,1-3H3,(H,55,58)/b20-17-,27-25-,28-26+,32-30+. The minimum atomic E-state index is -0.795. The molecule has 0 aromatic heterocycles. The summed E-state index contributed by atoms with van der Waals surface area (Å²) in [6.07, 6.45) is 57.4. The van der Waals surface area contributed by atoms with Crippen LogP contribution in [0.4, 0.5) is 0 Å². The van der Waals surface area contributed by atoms with Crippen molar-refractivity contribution in [3.05, 3.63) is 48.6 Å². The van der Waals surface area contributed by atoms with Crippen LogP contribution in [0.15, 0.2) is 48.6 Å². The van der Waals surface area contributed by atoms with Crippen LogP contribution in [0, 0.1) is 0 Å². The SMILES string of the molecule is CCCCC/C=C\C/C=C\CCCCCCCC(CC(=O)NC(CO)C(O)CCCCCCCCCCCC)OC(=O)CCCCC/C=C/C=C/CCCCCCCCC. The number of unbranched alkanes of at least 4 members (excludes halogenated alkanes) is 27. The van der Waals surface area contributed by atoms with E-state index in [0.717, 1.165) is 83.5 Å². The Hall–Kier alpha value is -2.18. The first-order chi connectivity index (χ1) is 29.5. The molecule has 6 heteroatoms. The third-order valence-electron chi connectivity index (χ3n) is 11.7. The summed E-state index contributed by atoms with van der Waals surface area (Å²) in [5.41, 5.74) is 0. The van der Waals surface area contributed by atoms with Crippen molar-refractivity contribution in [2.45, 2.75) is 277 Å². The lowest BCUT2D eigenvalue weighted by atomic mass is 10.0. The number of ether oxygens (including phenoxy) is 1. The van der Waals surface area contributed by atoms with Crippen LogP contribution in [0.1, 0.15) is 258 Å². The van der Waals surface area contributed by atoms with E-state index in [1.807, 2.05) is 0 Å². The molecule has 3 atom stereocenters. The number of hydrogen-bond acceptors (Lipinski definition) is 5. The number of esters is 1. The maximum absolute atomic E-state index is 13.2. The molecule has 1 amide bonds. The maximum atomic E-state index is 13.2. The number of carbonyl (C=O) groups is 2. The molecule has 0 heterocycles. The van der Waals surface area contributed by atoms with Crippen LogP contribution in [0.5, 0.6) is 0 Å². The molecule has 0 bridgehead atoms. The zero-order valence-electron chi connectivity index (χ0n) is 39.8. The number of nitrogens with one attached hydrogen (secondary N) is 1. The lowest BCUT2D eigenvalue weighted by Gasteiger charge is -2.24. The second-order valence-corrected chi connectivity index (χ2v) is 17.6. The molecule has 0 spiro atoms. The summed E-state index contributed by atoms with van der Waals surface area (Å²) >= 11 is 0. The molecule has 0 aromatic rings. The zero-order valence-corrected chi connectivity index (χ0v) is 39.8. The topological polar surface area (TPSA) is 95.9 Å². The Morgan fingerprint density at radius 3 is 1.40 bits per heavy atom. The number of aliphatic hydroxyl groups excluding tert-OH is 2. The molecular formula is C54H99NO5. The van der Waals surface area contributed by atoms with E-state index in [4.69, 9.17) is 4.74 Å². The van der Waals surface area contributed by atoms with E-state index in [2.05, 4.69) is 74.7 Å². The van der Waals surface area contributed by atoms with Gasteiger partial charge in [-0.3, -0.25) is 9.59 Å². The third kappa shape index (κ3) is 42.5. The van der Waals surface area contributed by atoms with Crippen LogP contribution in [0.3, 0.4) is 0 Å². The Bertz CT molecular complexity index is 1040. The molecular weight excluding hydrogens is 743 g/mol. The van der Waals surface area contributed by atoms with Gasteiger partial charge in [0, 0.05) is 6.42 Å². The van der Waals surface area contributed by atoms with Gasteiger partial charge in [-0.1, -0.05) is 211 Å². The maximum Gasteiger partial charge on any atom is 0.306 e. The van der Waals surface area contributed by atoms with Gasteiger partial charge in [0.05, 0.1) is 25.2 Å². The second-order valence-electron chi connectivity index (χ2n) is 17.6. The average molecular weight is 842 g/mol. The minimum Gasteiger partial charge on any atom is -0.462 e. The quantitative estimate of drug-likeness (QED) is 0.0246. The Kier molecular flexibility index (Phi) is 46.1. The van der Waals surface area contributed by atoms with Crippen LogP contribution in [-0.2, 0) is 14.3 Å². The van der Waals surface area contributed by atoms with Gasteiger partial charge in [0.25, 0.3) is 0 Å². The predicted molar refractivity (Wildman–Crippen MR) is 259 cm³/mol. The highest BCUT2D eigenvalue weighted by atomic mass is 16.5. The number of carbonyl (C=O) groups excluding carboxylic acids is 2. The van der Waals surface area contributed by atoms with Crippen molar-refractivity contribution in [2.24, 2.45) is 0 Å². The molecule has 3 N–H and O–H groups in total. The first kappa shape index (κ1) is 57.8. The number of amides is 1. The molecule has 0 aromatic carbocycles. The molecule has 0 aliphatic carbocycles. The van der Waals surface area contributed by atoms with Crippen molar-refractivity contribution in [3.8, 4) is 0 Å². The molecule has 0 saturated carbocycles. The van der Waals surface area contributed by atoms with Crippen molar-refractivity contribution in [3.63, 3.8) is 0 Å². The molecule has 0 rings (SSSR count). The van der Waals surface area contributed by atoms with Crippen molar-refractivity contribution in [1.82, 2.24) is 5.32 Å². The van der Waals surface area contributed by atoms with Crippen LogP contribution < -0.4 is 5.32 Å². The molecule has 0 aliphatic rings. The summed E-state index contributed by atoms with van der Waals surface area (Å²) in [5.74, 6) is -0.515. The monoisotopic (exact) mass is 842 g/mol. The van der Waals surface area contributed by atoms with Crippen molar-refractivity contribution < 1.29 is 24.5 Å². The van der Waals surface area contributed by atoms with Gasteiger partial charge in [-0.05, 0) is 83.5 Å². The fraction of sp³-hybridized carbons (Fsp3) is 0.815. The van der Waals surface area contributed by atoms with Gasteiger partial charge < -0.3 is 20.3 Å². The first-order valence-electron chi connectivity index (χ1n) is 25.9. The first-order valence-corrected chi connectivity index (χ1v) is 25.9. The largest absolute Gasteiger partial charge is 0.462 e. The van der Waals surface area contributed by atoms with E-state index in [1.54, 1.807) is 0 Å². The molecule has 0 saturated heterocycles. The highest BCUT2D eigenvalue weighted by Gasteiger charge is 2.24. The summed E-state index contributed by atoms with van der Waals surface area (Å²) in [4.78, 5) is 26.1. The lowest BCUT2D eigenvalue weighted by molar-refractivity contribution is -0.151. The molecule has 0 fully saturated rings. The summed E-state index contributed by atoms with van der Waals surface area (Å²) in [6, 6.07) is -0.710. The van der Waals surface area contributed by atoms with Gasteiger partial charge in [0.15, 0.2) is 0 Å². The van der Waals surface area contributed by atoms with Gasteiger partial charge in [-0.25, -0.2) is 0 Å². The van der Waals surface area contributed by atoms with E-state index < -0.39 is 18.2 Å². The van der Waals surface area contributed by atoms with Gasteiger partial charge in [-0.2, -0.15) is 0 Å². The van der Waals surface area contributed by atoms with Crippen LogP contribution in [0.2, 0.25) is 0 Å². The summed E-state index contributed by atoms with van der Waals surface area (Å²) in [6.45, 7) is 6.43. The van der Waals surface area contributed by atoms with Crippen LogP contribution >= 0.6 is 0 Å². The Balaban J connectivity index is 4.65. The number of aliphatic hydroxyl groups is 2. The highest BCUT2D eigenvalue weighted by molar-refractivity contribution is 5.77. The van der Waals surface area contributed by atoms with Gasteiger partial charge in [0.1, 0.15) is 6.10 Å². The van der Waals surface area contributed by atoms with Crippen LogP contribution in [0.25, 0.3) is 0 Å². The smallest absolute Gasteiger partial charge is 0.306 e. The number of hydrogen-bond donors (Lipinski definition) is 3. The van der Waals surface area contributed by atoms with E-state index >= 15 is 0 Å². The zero-order chi connectivity index (χ0) is 43.8. The van der Waals surface area contributed by atoms with E-state index in [-0.39, 0.29) is 24.9 Å². The molecule has 3 unspecified atom stereocenters. The predicted octanol–water partition coefficient (Wildman–Crippen LogP) is 15.5. The summed E-state index contributed by atoms with van der Waals surface area (Å²) in [5, 5.41) is 23.7. The molecule has 0 aliphatic heterocycles. The van der Waals surface area contributed by atoms with E-state index in [1.165, 1.54) is 128 Å². The Morgan fingerprint density at radius 2 is 0.900 bits per heavy atom. The minimum absolute atomic E-state index is 0.0579. The van der Waals surface area contributed by atoms with E-state index in [9.17, 15) is 19.8 Å². The van der Waals surface area contributed by atoms with Gasteiger partial charge >= 0.3 is 5.97 Å². The van der Waals surface area contributed by atoms with Crippen LogP contribution in [-0.4, -0.2) is 46.9 Å². The lowest BCUT2D eigenvalue weighted by Crippen LogP contribution is -2.46. The van der Waals surface area contributed by atoms with E-state index in [0.29, 0.717) is 19.3 Å². The van der Waals surface area contributed by atoms with Crippen molar-refractivity contribution >= 4 is 11.9 Å². The second kappa shape index (κ2) is 47.9. The Morgan fingerprint density at radius 1 is 0.500 bits per heavy atom. The molecule has 60 heavy (non-hydrogen) atoms. The number of allylic oxidation sites excluding steroid dienone is 8.